The fourth-order valence-corrected chi connectivity index (χ4v) is 3.30. The Bertz CT molecular complexity index is 733. The molecule has 0 radical (unpaired) electrons. The summed E-state index contributed by atoms with van der Waals surface area (Å²) in [6, 6.07) is 9.42. The molecule has 1 unspecified atom stereocenters. The first-order valence-electron chi connectivity index (χ1n) is 9.35. The average Bonchev–Trinajstić information content (AvgIpc) is 2.69. The lowest BCUT2D eigenvalue weighted by atomic mass is 10.0. The molecule has 0 saturated carbocycles. The molecule has 6 nitrogen and oxygen atoms in total. The molecule has 3 rings (SSSR count). The van der Waals surface area contributed by atoms with Gasteiger partial charge in [-0.1, -0.05) is 6.92 Å². The van der Waals surface area contributed by atoms with Crippen LogP contribution in [-0.2, 0) is 0 Å². The number of carbonyl (C=O) groups is 1. The van der Waals surface area contributed by atoms with Gasteiger partial charge in [0.25, 0.3) is 5.91 Å². The molecule has 0 aliphatic carbocycles. The van der Waals surface area contributed by atoms with Crippen LogP contribution in [0.2, 0.25) is 0 Å². The van der Waals surface area contributed by atoms with Gasteiger partial charge in [-0.3, -0.25) is 4.79 Å². The van der Waals surface area contributed by atoms with E-state index < -0.39 is 0 Å². The van der Waals surface area contributed by atoms with Crippen molar-refractivity contribution in [2.24, 2.45) is 0 Å². The number of benzene rings is 1. The summed E-state index contributed by atoms with van der Waals surface area (Å²) in [5, 5.41) is 2.88. The minimum atomic E-state index is -0.233. The molecule has 0 bridgehead atoms. The van der Waals surface area contributed by atoms with Crippen molar-refractivity contribution in [3.8, 4) is 5.75 Å². The molecule has 1 aromatic heterocycles. The third-order valence-electron chi connectivity index (χ3n) is 4.65. The highest BCUT2D eigenvalue weighted by molar-refractivity contribution is 6.03. The van der Waals surface area contributed by atoms with Crippen LogP contribution in [0, 0.1) is 0 Å². The Balaban J connectivity index is 1.71. The number of rotatable bonds is 6. The Hall–Kier alpha value is -2.63. The van der Waals surface area contributed by atoms with Crippen LogP contribution < -0.4 is 15.0 Å². The molecule has 2 heterocycles. The molecule has 1 fully saturated rings. The van der Waals surface area contributed by atoms with Gasteiger partial charge in [-0.25, -0.2) is 9.97 Å². The molecule has 1 aliphatic rings. The van der Waals surface area contributed by atoms with Crippen molar-refractivity contribution in [1.29, 1.82) is 0 Å². The van der Waals surface area contributed by atoms with E-state index >= 15 is 0 Å². The molecule has 6 heteroatoms. The predicted octanol–water partition coefficient (Wildman–Crippen LogP) is 3.90. The zero-order valence-electron chi connectivity index (χ0n) is 15.4. The van der Waals surface area contributed by atoms with Crippen molar-refractivity contribution in [3.05, 3.63) is 42.2 Å². The van der Waals surface area contributed by atoms with Crippen LogP contribution >= 0.6 is 0 Å². The first kappa shape index (κ1) is 18.2. The molecule has 1 N–H and O–H groups in total. The summed E-state index contributed by atoms with van der Waals surface area (Å²) < 4.78 is 5.42. The largest absolute Gasteiger partial charge is 0.494 e. The van der Waals surface area contributed by atoms with Crippen molar-refractivity contribution in [3.63, 3.8) is 0 Å². The number of nitrogens with zero attached hydrogens (tertiary/aromatic N) is 3. The van der Waals surface area contributed by atoms with E-state index in [-0.39, 0.29) is 5.91 Å². The van der Waals surface area contributed by atoms with Crippen LogP contribution in [-0.4, -0.2) is 35.1 Å². The third kappa shape index (κ3) is 4.31. The lowest BCUT2D eigenvalue weighted by Crippen LogP contribution is -2.40. The van der Waals surface area contributed by atoms with Gasteiger partial charge in [-0.05, 0) is 62.9 Å². The summed E-state index contributed by atoms with van der Waals surface area (Å²) in [5.74, 6) is 1.20. The number of hydrogen-bond acceptors (Lipinski definition) is 5. The number of nitrogens with one attached hydrogen (secondary N) is 1. The highest BCUT2D eigenvalue weighted by Gasteiger charge is 2.23. The van der Waals surface area contributed by atoms with Crippen molar-refractivity contribution in [2.45, 2.75) is 45.6 Å². The molecular formula is C20H26N4O2. The first-order chi connectivity index (χ1) is 12.7. The van der Waals surface area contributed by atoms with Crippen molar-refractivity contribution >= 4 is 17.5 Å². The van der Waals surface area contributed by atoms with E-state index in [1.54, 1.807) is 12.3 Å². The smallest absolute Gasteiger partial charge is 0.274 e. The normalized spacial score (nSPS) is 17.0. The van der Waals surface area contributed by atoms with Crippen molar-refractivity contribution < 1.29 is 9.53 Å². The second-order valence-corrected chi connectivity index (χ2v) is 6.40. The van der Waals surface area contributed by atoms with E-state index in [9.17, 15) is 4.79 Å². The minimum absolute atomic E-state index is 0.233. The standard InChI is InChI=1S/C20H26N4O2/c1-3-16-7-5-6-14-24(16)20-21-13-12-18(23-20)19(25)22-15-8-10-17(11-9-15)26-4-2/h8-13,16H,3-7,14H2,1-2H3,(H,22,25). The molecule has 1 aliphatic heterocycles. The Labute approximate surface area is 154 Å². The van der Waals surface area contributed by atoms with E-state index in [2.05, 4.69) is 27.1 Å². The molecule has 0 spiro atoms. The van der Waals surface area contributed by atoms with E-state index in [1.807, 2.05) is 31.2 Å². The minimum Gasteiger partial charge on any atom is -0.494 e. The number of piperidine rings is 1. The highest BCUT2D eigenvalue weighted by atomic mass is 16.5. The van der Waals surface area contributed by atoms with Gasteiger partial charge in [0.2, 0.25) is 5.95 Å². The zero-order valence-corrected chi connectivity index (χ0v) is 15.4. The Morgan fingerprint density at radius 1 is 1.23 bits per heavy atom. The molecule has 138 valence electrons. The topological polar surface area (TPSA) is 67.3 Å². The van der Waals surface area contributed by atoms with E-state index in [1.165, 1.54) is 6.42 Å². The maximum atomic E-state index is 12.6. The Morgan fingerprint density at radius 3 is 2.77 bits per heavy atom. The number of aromatic nitrogens is 2. The lowest BCUT2D eigenvalue weighted by molar-refractivity contribution is 0.102. The zero-order chi connectivity index (χ0) is 18.4. The summed E-state index contributed by atoms with van der Waals surface area (Å²) in [6.45, 7) is 5.69. The van der Waals surface area contributed by atoms with Gasteiger partial charge in [0.1, 0.15) is 11.4 Å². The van der Waals surface area contributed by atoms with Gasteiger partial charge in [0.15, 0.2) is 0 Å². The molecule has 1 saturated heterocycles. The van der Waals surface area contributed by atoms with Crippen LogP contribution in [0.25, 0.3) is 0 Å². The summed E-state index contributed by atoms with van der Waals surface area (Å²) in [7, 11) is 0. The highest BCUT2D eigenvalue weighted by Crippen LogP contribution is 2.24. The van der Waals surface area contributed by atoms with Gasteiger partial charge >= 0.3 is 0 Å². The number of anilines is 2. The van der Waals surface area contributed by atoms with Crippen molar-refractivity contribution in [1.82, 2.24) is 9.97 Å². The Morgan fingerprint density at radius 2 is 2.04 bits per heavy atom. The molecule has 26 heavy (non-hydrogen) atoms. The summed E-state index contributed by atoms with van der Waals surface area (Å²) >= 11 is 0. The maximum absolute atomic E-state index is 12.6. The quantitative estimate of drug-likeness (QED) is 0.852. The maximum Gasteiger partial charge on any atom is 0.274 e. The van der Waals surface area contributed by atoms with Crippen LogP contribution in [0.4, 0.5) is 11.6 Å². The molecule has 1 atom stereocenters. The first-order valence-corrected chi connectivity index (χ1v) is 9.35. The average molecular weight is 354 g/mol. The third-order valence-corrected chi connectivity index (χ3v) is 4.65. The SMILES string of the molecule is CCOc1ccc(NC(=O)c2ccnc(N3CCCCC3CC)n2)cc1. The number of carbonyl (C=O) groups excluding carboxylic acids is 1. The summed E-state index contributed by atoms with van der Waals surface area (Å²) in [5.41, 5.74) is 1.09. The fourth-order valence-electron chi connectivity index (χ4n) is 3.30. The van der Waals surface area contributed by atoms with Gasteiger partial charge in [-0.15, -0.1) is 0 Å². The van der Waals surface area contributed by atoms with E-state index in [4.69, 9.17) is 4.74 Å². The fraction of sp³-hybridized carbons (Fsp3) is 0.450. The number of ether oxygens (including phenoxy) is 1. The van der Waals surface area contributed by atoms with Crippen LogP contribution in [0.5, 0.6) is 5.75 Å². The monoisotopic (exact) mass is 354 g/mol. The number of hydrogen-bond donors (Lipinski definition) is 1. The van der Waals surface area contributed by atoms with Gasteiger partial charge < -0.3 is 15.0 Å². The van der Waals surface area contributed by atoms with Gasteiger partial charge in [0.05, 0.1) is 6.61 Å². The molecule has 1 amide bonds. The predicted molar refractivity (Wildman–Crippen MR) is 103 cm³/mol. The van der Waals surface area contributed by atoms with Gasteiger partial charge in [-0.2, -0.15) is 0 Å². The molecular weight excluding hydrogens is 328 g/mol. The second kappa shape index (κ2) is 8.65. The van der Waals surface area contributed by atoms with Gasteiger partial charge in [0, 0.05) is 24.5 Å². The molecule has 1 aromatic carbocycles. The van der Waals surface area contributed by atoms with Crippen LogP contribution in [0.3, 0.4) is 0 Å². The summed E-state index contributed by atoms with van der Waals surface area (Å²) in [4.78, 5) is 23.7. The molecule has 2 aromatic rings. The summed E-state index contributed by atoms with van der Waals surface area (Å²) in [6.07, 6.45) is 6.26. The number of amides is 1. The van der Waals surface area contributed by atoms with Crippen molar-refractivity contribution in [2.75, 3.05) is 23.4 Å². The van der Waals surface area contributed by atoms with Crippen LogP contribution in [0.15, 0.2) is 36.5 Å². The van der Waals surface area contributed by atoms with E-state index in [0.717, 1.165) is 31.6 Å². The van der Waals surface area contributed by atoms with Crippen LogP contribution in [0.1, 0.15) is 50.0 Å². The lowest BCUT2D eigenvalue weighted by Gasteiger charge is -2.35. The Kier molecular flexibility index (Phi) is 6.04. The van der Waals surface area contributed by atoms with E-state index in [0.29, 0.717) is 30.0 Å². The second-order valence-electron chi connectivity index (χ2n) is 6.40.